The maximum absolute atomic E-state index is 4.49. The normalized spacial score (nSPS) is 25.0. The number of hydrogen-bond donors (Lipinski definition) is 0. The zero-order valence-corrected chi connectivity index (χ0v) is 18.8. The zero-order chi connectivity index (χ0) is 17.2. The molecule has 1 saturated carbocycles. The molecule has 0 radical (unpaired) electrons. The molecule has 24 heavy (non-hydrogen) atoms. The summed E-state index contributed by atoms with van der Waals surface area (Å²) in [6, 6.07) is 22.7. The van der Waals surface area contributed by atoms with Gasteiger partial charge in [-0.25, -0.2) is 0 Å². The minimum atomic E-state index is -2.61. The number of benzene rings is 2. The van der Waals surface area contributed by atoms with Crippen molar-refractivity contribution in [3.63, 3.8) is 0 Å². The number of halogens is 1. The van der Waals surface area contributed by atoms with E-state index in [9.17, 15) is 0 Å². The van der Waals surface area contributed by atoms with Gasteiger partial charge in [0, 0.05) is 0 Å². The molecule has 0 saturated heterocycles. The molecule has 0 amide bonds. The van der Waals surface area contributed by atoms with Gasteiger partial charge in [-0.3, -0.25) is 0 Å². The predicted octanol–water partition coefficient (Wildman–Crippen LogP) is 5.60. The van der Waals surface area contributed by atoms with Crippen molar-refractivity contribution in [2.24, 2.45) is 17.8 Å². The van der Waals surface area contributed by atoms with E-state index < -0.39 is 11.4 Å². The van der Waals surface area contributed by atoms with E-state index in [-0.39, 0.29) is 0 Å². The van der Waals surface area contributed by atoms with E-state index in [4.69, 9.17) is 0 Å². The second-order valence-corrected chi connectivity index (χ2v) is 21.3. The number of hydrogen-bond acceptors (Lipinski definition) is 0. The van der Waals surface area contributed by atoms with Crippen LogP contribution >= 0.6 is 14.0 Å². The Bertz CT molecular complexity index is 598. The van der Waals surface area contributed by atoms with E-state index in [1.165, 1.54) is 19.3 Å². The van der Waals surface area contributed by atoms with Crippen molar-refractivity contribution < 1.29 is 0 Å². The van der Waals surface area contributed by atoms with Crippen molar-refractivity contribution in [1.29, 1.82) is 0 Å². The molecule has 2 heteroatoms. The van der Waals surface area contributed by atoms with Crippen LogP contribution in [0.25, 0.3) is 0 Å². The summed E-state index contributed by atoms with van der Waals surface area (Å²) in [5.41, 5.74) is 0. The molecule has 0 bridgehead atoms. The van der Waals surface area contributed by atoms with Crippen molar-refractivity contribution in [2.45, 2.75) is 44.8 Å². The SMILES string of the molecule is CC1CCC(C(C)C)[CH]([Ge]([Br])([c]2ccccc2)[c]2ccccc2)C1. The van der Waals surface area contributed by atoms with Crippen LogP contribution in [0.4, 0.5) is 0 Å². The summed E-state index contributed by atoms with van der Waals surface area (Å²) in [4.78, 5) is 0. The van der Waals surface area contributed by atoms with Crippen LogP contribution in [0.1, 0.15) is 40.0 Å². The average Bonchev–Trinajstić information content (AvgIpc) is 2.62. The molecule has 0 heterocycles. The summed E-state index contributed by atoms with van der Waals surface area (Å²) in [6.45, 7) is 7.31. The third-order valence-corrected chi connectivity index (χ3v) is 22.2. The summed E-state index contributed by atoms with van der Waals surface area (Å²) in [6.07, 6.45) is 4.16. The summed E-state index contributed by atoms with van der Waals surface area (Å²) >= 11 is 1.88. The van der Waals surface area contributed by atoms with Crippen molar-refractivity contribution in [2.75, 3.05) is 0 Å². The first kappa shape index (κ1) is 18.3. The van der Waals surface area contributed by atoms with Gasteiger partial charge in [0.15, 0.2) is 0 Å². The Morgan fingerprint density at radius 1 is 0.875 bits per heavy atom. The second kappa shape index (κ2) is 7.78. The molecule has 0 spiro atoms. The average molecular weight is 446 g/mol. The monoisotopic (exact) mass is 446 g/mol. The van der Waals surface area contributed by atoms with Gasteiger partial charge >= 0.3 is 157 Å². The van der Waals surface area contributed by atoms with Crippen LogP contribution in [0.5, 0.6) is 0 Å². The van der Waals surface area contributed by atoms with Crippen molar-refractivity contribution in [3.05, 3.63) is 60.7 Å². The Kier molecular flexibility index (Phi) is 5.92. The van der Waals surface area contributed by atoms with Crippen LogP contribution in [-0.4, -0.2) is 11.4 Å². The minimum absolute atomic E-state index is 0.762. The Labute approximate surface area is 157 Å². The molecule has 1 aliphatic carbocycles. The molecule has 128 valence electrons. The molecule has 3 rings (SSSR count). The quantitative estimate of drug-likeness (QED) is 0.537. The molecule has 1 aliphatic rings. The summed E-state index contributed by atoms with van der Waals surface area (Å²) in [5.74, 6) is 2.44. The van der Waals surface area contributed by atoms with Crippen LogP contribution in [0.2, 0.25) is 4.75 Å². The molecular weight excluding hydrogens is 417 g/mol. The van der Waals surface area contributed by atoms with Gasteiger partial charge in [0.1, 0.15) is 0 Å². The van der Waals surface area contributed by atoms with E-state index in [1.54, 1.807) is 8.79 Å². The van der Waals surface area contributed by atoms with Gasteiger partial charge < -0.3 is 0 Å². The second-order valence-electron chi connectivity index (χ2n) is 7.88. The van der Waals surface area contributed by atoms with Crippen LogP contribution in [0.15, 0.2) is 60.7 Å². The van der Waals surface area contributed by atoms with Gasteiger partial charge in [0.05, 0.1) is 0 Å². The van der Waals surface area contributed by atoms with Gasteiger partial charge in [0.2, 0.25) is 0 Å². The molecule has 2 aromatic carbocycles. The standard InChI is InChI=1S/C22H29BrGe/c1-17(2)21-15-14-18(3)16-22(21)24(23,19-10-6-4-7-11-19)20-12-8-5-9-13-20/h4-13,17-18,21-22H,14-16H2,1-3H3. The van der Waals surface area contributed by atoms with E-state index in [1.807, 2.05) is 0 Å². The maximum atomic E-state index is 4.49. The van der Waals surface area contributed by atoms with E-state index in [2.05, 4.69) is 95.4 Å². The third kappa shape index (κ3) is 3.53. The summed E-state index contributed by atoms with van der Waals surface area (Å²) in [7, 11) is 0. The van der Waals surface area contributed by atoms with Crippen molar-refractivity contribution in [3.8, 4) is 0 Å². The summed E-state index contributed by atoms with van der Waals surface area (Å²) in [5, 5.41) is 0. The predicted molar refractivity (Wildman–Crippen MR) is 112 cm³/mol. The fourth-order valence-electron chi connectivity index (χ4n) is 4.62. The van der Waals surface area contributed by atoms with E-state index >= 15 is 0 Å². The molecule has 2 aromatic rings. The molecular formula is C22H29BrGe. The van der Waals surface area contributed by atoms with Crippen LogP contribution in [0.3, 0.4) is 0 Å². The summed E-state index contributed by atoms with van der Waals surface area (Å²) < 4.78 is 3.96. The molecule has 0 aliphatic heterocycles. The third-order valence-electron chi connectivity index (χ3n) is 5.92. The number of rotatable bonds is 4. The van der Waals surface area contributed by atoms with Crippen molar-refractivity contribution in [1.82, 2.24) is 0 Å². The van der Waals surface area contributed by atoms with Gasteiger partial charge in [-0.15, -0.1) is 0 Å². The Hall–Kier alpha value is -0.537. The molecule has 3 atom stereocenters. The fraction of sp³-hybridized carbons (Fsp3) is 0.455. The van der Waals surface area contributed by atoms with E-state index in [0.717, 1.165) is 22.5 Å². The first-order valence-corrected chi connectivity index (χ1v) is 17.6. The van der Waals surface area contributed by atoms with Crippen LogP contribution in [0, 0.1) is 17.8 Å². The molecule has 1 fully saturated rings. The first-order valence-electron chi connectivity index (χ1n) is 9.33. The van der Waals surface area contributed by atoms with Gasteiger partial charge in [-0.05, 0) is 0 Å². The zero-order valence-electron chi connectivity index (χ0n) is 15.1. The fourth-order valence-corrected chi connectivity index (χ4v) is 19.4. The van der Waals surface area contributed by atoms with Crippen LogP contribution in [-0.2, 0) is 0 Å². The van der Waals surface area contributed by atoms with Crippen molar-refractivity contribution >= 4 is 34.2 Å². The van der Waals surface area contributed by atoms with Gasteiger partial charge in [-0.2, -0.15) is 0 Å². The Morgan fingerprint density at radius 3 is 1.83 bits per heavy atom. The topological polar surface area (TPSA) is 0 Å². The van der Waals surface area contributed by atoms with E-state index in [0.29, 0.717) is 0 Å². The van der Waals surface area contributed by atoms with Crippen LogP contribution < -0.4 is 8.79 Å². The molecule has 0 N–H and O–H groups in total. The molecule has 0 aromatic heterocycles. The van der Waals surface area contributed by atoms with Gasteiger partial charge in [-0.1, -0.05) is 0 Å². The molecule has 3 unspecified atom stereocenters. The first-order chi connectivity index (χ1) is 11.5. The molecule has 0 nitrogen and oxygen atoms in total. The van der Waals surface area contributed by atoms with Gasteiger partial charge in [0.25, 0.3) is 0 Å². The Balaban J connectivity index is 2.13. The Morgan fingerprint density at radius 2 is 1.38 bits per heavy atom.